The number of halogens is 3. The van der Waals surface area contributed by atoms with Crippen LogP contribution in [0.2, 0.25) is 0 Å². The van der Waals surface area contributed by atoms with E-state index in [2.05, 4.69) is 9.97 Å². The van der Waals surface area contributed by atoms with Crippen LogP contribution in [0.3, 0.4) is 0 Å². The van der Waals surface area contributed by atoms with E-state index < -0.39 is 17.8 Å². The van der Waals surface area contributed by atoms with E-state index in [-0.39, 0.29) is 17.7 Å². The maximum Gasteiger partial charge on any atom is 0.417 e. The van der Waals surface area contributed by atoms with Crippen LogP contribution in [0.25, 0.3) is 10.3 Å². The van der Waals surface area contributed by atoms with Gasteiger partial charge in [0.2, 0.25) is 0 Å². The molecule has 6 nitrogen and oxygen atoms in total. The summed E-state index contributed by atoms with van der Waals surface area (Å²) < 4.78 is 38.7. The van der Waals surface area contributed by atoms with Gasteiger partial charge in [0.25, 0.3) is 0 Å². The molecule has 24 heavy (non-hydrogen) atoms. The molecule has 0 aliphatic carbocycles. The quantitative estimate of drug-likeness (QED) is 0.845. The lowest BCUT2D eigenvalue weighted by molar-refractivity contribution is -0.137. The lowest BCUT2D eigenvalue weighted by atomic mass is 10.1. The third-order valence-electron chi connectivity index (χ3n) is 4.04. The Morgan fingerprint density at radius 1 is 1.33 bits per heavy atom. The molecule has 0 unspecified atom stereocenters. The molecule has 0 aromatic carbocycles. The van der Waals surface area contributed by atoms with Gasteiger partial charge in [-0.05, 0) is 19.9 Å². The topological polar surface area (TPSA) is 69.6 Å². The van der Waals surface area contributed by atoms with Crippen molar-refractivity contribution in [3.63, 3.8) is 0 Å². The van der Waals surface area contributed by atoms with Gasteiger partial charge >= 0.3 is 12.3 Å². The van der Waals surface area contributed by atoms with Crippen molar-refractivity contribution in [1.82, 2.24) is 14.9 Å². The summed E-state index contributed by atoms with van der Waals surface area (Å²) in [4.78, 5) is 22.6. The van der Waals surface area contributed by atoms with E-state index in [0.717, 1.165) is 23.6 Å². The molecule has 2 aromatic heterocycles. The molecule has 1 N–H and O–H groups in total. The molecule has 1 fully saturated rings. The largest absolute Gasteiger partial charge is 0.465 e. The van der Waals surface area contributed by atoms with E-state index in [1.807, 2.05) is 11.8 Å². The van der Waals surface area contributed by atoms with Gasteiger partial charge < -0.3 is 14.9 Å². The van der Waals surface area contributed by atoms with E-state index in [0.29, 0.717) is 22.9 Å². The van der Waals surface area contributed by atoms with Gasteiger partial charge in [-0.3, -0.25) is 0 Å². The Balaban J connectivity index is 1.91. The zero-order chi connectivity index (χ0) is 17.6. The molecular formula is C14H15F3N4O2S. The first-order chi connectivity index (χ1) is 11.2. The molecule has 0 radical (unpaired) electrons. The van der Waals surface area contributed by atoms with Crippen molar-refractivity contribution < 1.29 is 23.1 Å². The predicted octanol–water partition coefficient (Wildman–Crippen LogP) is 3.29. The molecule has 2 aromatic rings. The number of carbonyl (C=O) groups is 1. The maximum atomic E-state index is 12.8. The summed E-state index contributed by atoms with van der Waals surface area (Å²) in [7, 11) is 0. The SMILES string of the molecule is C[C@@H]1CN(c2nc3ncc(C(F)(F)F)cc3s2)[C@@H](C)CN1C(=O)O. The highest BCUT2D eigenvalue weighted by Crippen LogP contribution is 2.35. The van der Waals surface area contributed by atoms with Crippen LogP contribution in [-0.2, 0) is 6.18 Å². The van der Waals surface area contributed by atoms with Crippen LogP contribution in [0.4, 0.5) is 23.1 Å². The summed E-state index contributed by atoms with van der Waals surface area (Å²) in [6.07, 6.45) is -4.64. The minimum Gasteiger partial charge on any atom is -0.465 e. The molecule has 1 aliphatic rings. The number of amides is 1. The maximum absolute atomic E-state index is 12.8. The van der Waals surface area contributed by atoms with Crippen LogP contribution in [0, 0.1) is 0 Å². The summed E-state index contributed by atoms with van der Waals surface area (Å²) in [6.45, 7) is 4.40. The smallest absolute Gasteiger partial charge is 0.417 e. The van der Waals surface area contributed by atoms with E-state index in [4.69, 9.17) is 0 Å². The van der Waals surface area contributed by atoms with Crippen LogP contribution in [-0.4, -0.2) is 51.2 Å². The van der Waals surface area contributed by atoms with Gasteiger partial charge in [-0.1, -0.05) is 11.3 Å². The van der Waals surface area contributed by atoms with Crippen molar-refractivity contribution in [2.75, 3.05) is 18.0 Å². The minimum absolute atomic E-state index is 0.125. The molecule has 1 saturated heterocycles. The summed E-state index contributed by atoms with van der Waals surface area (Å²) >= 11 is 1.14. The fourth-order valence-electron chi connectivity index (χ4n) is 2.75. The Labute approximate surface area is 139 Å². The van der Waals surface area contributed by atoms with Crippen molar-refractivity contribution in [3.05, 3.63) is 17.8 Å². The first kappa shape index (κ1) is 16.7. The average Bonchev–Trinajstić information content (AvgIpc) is 2.90. The Morgan fingerprint density at radius 2 is 2.04 bits per heavy atom. The van der Waals surface area contributed by atoms with Crippen LogP contribution >= 0.6 is 11.3 Å². The lowest BCUT2D eigenvalue weighted by Gasteiger charge is -2.42. The molecule has 0 spiro atoms. The Hall–Kier alpha value is -2.10. The second-order valence-electron chi connectivity index (χ2n) is 5.83. The van der Waals surface area contributed by atoms with Crippen molar-refractivity contribution in [3.8, 4) is 0 Å². The zero-order valence-corrected chi connectivity index (χ0v) is 13.7. The molecule has 1 amide bonds. The molecule has 0 saturated carbocycles. The van der Waals surface area contributed by atoms with Crippen LogP contribution in [0.5, 0.6) is 0 Å². The highest BCUT2D eigenvalue weighted by atomic mass is 32.1. The molecular weight excluding hydrogens is 345 g/mol. The third kappa shape index (κ3) is 2.97. The Kier molecular flexibility index (Phi) is 4.02. The van der Waals surface area contributed by atoms with E-state index in [9.17, 15) is 23.1 Å². The van der Waals surface area contributed by atoms with Gasteiger partial charge in [0.05, 0.1) is 10.3 Å². The normalized spacial score (nSPS) is 22.2. The number of piperazine rings is 1. The number of fused-ring (bicyclic) bond motifs is 1. The minimum atomic E-state index is -4.44. The number of aromatic nitrogens is 2. The van der Waals surface area contributed by atoms with Crippen molar-refractivity contribution in [2.24, 2.45) is 0 Å². The predicted molar refractivity (Wildman–Crippen MR) is 83.4 cm³/mol. The van der Waals surface area contributed by atoms with Gasteiger partial charge in [-0.2, -0.15) is 18.2 Å². The van der Waals surface area contributed by atoms with Gasteiger partial charge in [-0.15, -0.1) is 0 Å². The lowest BCUT2D eigenvalue weighted by Crippen LogP contribution is -2.58. The first-order valence-corrected chi connectivity index (χ1v) is 8.08. The van der Waals surface area contributed by atoms with Gasteiger partial charge in [-0.25, -0.2) is 9.78 Å². The standard InChI is InChI=1S/C14H15F3N4O2S/c1-7-6-21(13(22)23)8(2)5-20(7)12-19-11-10(24-12)3-9(4-18-11)14(15,16)17/h3-4,7-8H,5-6H2,1-2H3,(H,22,23)/t7-,8+/m0/s1. The number of hydrogen-bond donors (Lipinski definition) is 1. The first-order valence-electron chi connectivity index (χ1n) is 7.27. The van der Waals surface area contributed by atoms with E-state index >= 15 is 0 Å². The molecule has 3 rings (SSSR count). The van der Waals surface area contributed by atoms with Gasteiger partial charge in [0.15, 0.2) is 10.8 Å². The molecule has 1 aliphatic heterocycles. The number of alkyl halides is 3. The number of rotatable bonds is 1. The fraction of sp³-hybridized carbons (Fsp3) is 0.500. The molecule has 0 bridgehead atoms. The number of pyridine rings is 1. The zero-order valence-electron chi connectivity index (χ0n) is 12.9. The van der Waals surface area contributed by atoms with Crippen LogP contribution in [0.1, 0.15) is 19.4 Å². The number of anilines is 1. The van der Waals surface area contributed by atoms with Crippen molar-refractivity contribution in [2.45, 2.75) is 32.1 Å². The number of hydrogen-bond acceptors (Lipinski definition) is 5. The van der Waals surface area contributed by atoms with Crippen LogP contribution in [0.15, 0.2) is 12.3 Å². The number of nitrogens with zero attached hydrogens (tertiary/aromatic N) is 4. The van der Waals surface area contributed by atoms with Crippen LogP contribution < -0.4 is 4.90 Å². The number of carboxylic acid groups (broad SMARTS) is 1. The summed E-state index contributed by atoms with van der Waals surface area (Å²) in [5.41, 5.74) is -0.536. The number of thiazole rings is 1. The highest BCUT2D eigenvalue weighted by molar-refractivity contribution is 7.22. The Bertz CT molecular complexity index is 779. The van der Waals surface area contributed by atoms with Crippen molar-refractivity contribution in [1.29, 1.82) is 0 Å². The molecule has 10 heteroatoms. The summed E-state index contributed by atoms with van der Waals surface area (Å²) in [5.74, 6) is 0. The van der Waals surface area contributed by atoms with Gasteiger partial charge in [0, 0.05) is 31.4 Å². The second-order valence-corrected chi connectivity index (χ2v) is 6.83. The van der Waals surface area contributed by atoms with Gasteiger partial charge in [0.1, 0.15) is 0 Å². The molecule has 3 heterocycles. The second kappa shape index (κ2) is 5.76. The van der Waals surface area contributed by atoms with Crippen molar-refractivity contribution >= 4 is 32.9 Å². The highest BCUT2D eigenvalue weighted by Gasteiger charge is 2.34. The molecule has 2 atom stereocenters. The fourth-order valence-corrected chi connectivity index (χ4v) is 3.82. The molecule has 130 valence electrons. The van der Waals surface area contributed by atoms with E-state index in [1.54, 1.807) is 6.92 Å². The van der Waals surface area contributed by atoms with E-state index in [1.165, 1.54) is 4.90 Å². The summed E-state index contributed by atoms with van der Waals surface area (Å²) in [6, 6.07) is 0.690. The average molecular weight is 360 g/mol. The summed E-state index contributed by atoms with van der Waals surface area (Å²) in [5, 5.41) is 9.74. The third-order valence-corrected chi connectivity index (χ3v) is 5.07. The monoisotopic (exact) mass is 360 g/mol. The Morgan fingerprint density at radius 3 is 2.67 bits per heavy atom.